The fraction of sp³-hybridized carbons (Fsp3) is 0.385. The number of anilines is 1. The zero-order valence-corrected chi connectivity index (χ0v) is 10.8. The average molecular weight is 262 g/mol. The van der Waals surface area contributed by atoms with Crippen LogP contribution in [0.1, 0.15) is 24.8 Å². The van der Waals surface area contributed by atoms with E-state index in [1.807, 2.05) is 0 Å². The normalized spacial score (nSPS) is 15.7. The van der Waals surface area contributed by atoms with Crippen LogP contribution >= 0.6 is 0 Å². The van der Waals surface area contributed by atoms with Crippen molar-refractivity contribution in [3.8, 4) is 0 Å². The Bertz CT molecular complexity index is 497. The number of nitrogens with one attached hydrogen (secondary N) is 1. The topological polar surface area (TPSA) is 91.0 Å². The van der Waals surface area contributed by atoms with E-state index in [1.165, 1.54) is 4.90 Å². The molecule has 0 aromatic heterocycles. The van der Waals surface area contributed by atoms with Crippen molar-refractivity contribution in [1.29, 1.82) is 0 Å². The molecule has 1 aliphatic rings. The van der Waals surface area contributed by atoms with Gasteiger partial charge in [0.25, 0.3) is 0 Å². The molecule has 0 radical (unpaired) electrons. The second kappa shape index (κ2) is 5.60. The van der Waals surface area contributed by atoms with E-state index < -0.39 is 0 Å². The number of carbonyl (C=O) groups excluding carboxylic acids is 1. The van der Waals surface area contributed by atoms with Gasteiger partial charge in [0.1, 0.15) is 0 Å². The number of rotatable bonds is 3. The van der Waals surface area contributed by atoms with Crippen LogP contribution in [0, 0.1) is 0 Å². The van der Waals surface area contributed by atoms with Crippen molar-refractivity contribution in [2.45, 2.75) is 25.3 Å². The summed E-state index contributed by atoms with van der Waals surface area (Å²) in [5.74, 6) is -0.0149. The van der Waals surface area contributed by atoms with Gasteiger partial charge in [-0.25, -0.2) is 4.79 Å². The first-order chi connectivity index (χ1) is 9.13. The number of nitrogens with zero attached hydrogens (tertiary/aromatic N) is 2. The van der Waals surface area contributed by atoms with E-state index in [-0.39, 0.29) is 17.9 Å². The van der Waals surface area contributed by atoms with Crippen LogP contribution in [0.2, 0.25) is 0 Å². The number of benzene rings is 1. The molecule has 0 unspecified atom stereocenters. The number of nitrogens with two attached hydrogens (primary N) is 1. The lowest BCUT2D eigenvalue weighted by atomic mass is 9.93. The fourth-order valence-corrected chi connectivity index (χ4v) is 1.97. The first-order valence-electron chi connectivity index (χ1n) is 6.24. The van der Waals surface area contributed by atoms with E-state index >= 15 is 0 Å². The SMILES string of the molecule is CN(C(=O)NC1CCC1)c1ccccc1/C(N)=N/O. The van der Waals surface area contributed by atoms with Crippen LogP contribution in [0.5, 0.6) is 0 Å². The van der Waals surface area contributed by atoms with E-state index in [1.54, 1.807) is 31.3 Å². The molecular weight excluding hydrogens is 244 g/mol. The van der Waals surface area contributed by atoms with Gasteiger partial charge in [0.05, 0.1) is 5.69 Å². The maximum absolute atomic E-state index is 12.1. The Morgan fingerprint density at radius 3 is 2.74 bits per heavy atom. The van der Waals surface area contributed by atoms with Gasteiger partial charge in [-0.2, -0.15) is 0 Å². The Morgan fingerprint density at radius 2 is 2.16 bits per heavy atom. The average Bonchev–Trinajstić information content (AvgIpc) is 2.40. The predicted molar refractivity (Wildman–Crippen MR) is 73.5 cm³/mol. The third-order valence-corrected chi connectivity index (χ3v) is 3.39. The van der Waals surface area contributed by atoms with Crippen LogP contribution in [0.25, 0.3) is 0 Å². The van der Waals surface area contributed by atoms with Crippen molar-refractivity contribution < 1.29 is 10.0 Å². The molecule has 6 nitrogen and oxygen atoms in total. The quantitative estimate of drug-likeness (QED) is 0.333. The molecule has 1 fully saturated rings. The number of para-hydroxylation sites is 1. The van der Waals surface area contributed by atoms with Gasteiger partial charge in [0.2, 0.25) is 0 Å². The van der Waals surface area contributed by atoms with Crippen molar-refractivity contribution in [1.82, 2.24) is 5.32 Å². The van der Waals surface area contributed by atoms with Crippen molar-refractivity contribution in [3.05, 3.63) is 29.8 Å². The van der Waals surface area contributed by atoms with E-state index in [0.717, 1.165) is 19.3 Å². The van der Waals surface area contributed by atoms with Crippen LogP contribution in [0.3, 0.4) is 0 Å². The van der Waals surface area contributed by atoms with Gasteiger partial charge in [-0.1, -0.05) is 17.3 Å². The summed E-state index contributed by atoms with van der Waals surface area (Å²) >= 11 is 0. The van der Waals surface area contributed by atoms with Crippen LogP contribution in [-0.4, -0.2) is 30.2 Å². The van der Waals surface area contributed by atoms with Gasteiger partial charge < -0.3 is 16.3 Å². The molecule has 1 aromatic rings. The number of carbonyl (C=O) groups is 1. The van der Waals surface area contributed by atoms with Gasteiger partial charge in [-0.15, -0.1) is 0 Å². The Morgan fingerprint density at radius 1 is 1.47 bits per heavy atom. The minimum atomic E-state index is -0.178. The number of oxime groups is 1. The highest BCUT2D eigenvalue weighted by Gasteiger charge is 2.23. The summed E-state index contributed by atoms with van der Waals surface area (Å²) in [6.45, 7) is 0. The lowest BCUT2D eigenvalue weighted by Gasteiger charge is -2.29. The van der Waals surface area contributed by atoms with E-state index in [0.29, 0.717) is 11.3 Å². The molecule has 0 spiro atoms. The Hall–Kier alpha value is -2.24. The van der Waals surface area contributed by atoms with Crippen LogP contribution in [0.15, 0.2) is 29.4 Å². The molecule has 1 saturated carbocycles. The molecule has 4 N–H and O–H groups in total. The number of amides is 2. The molecule has 2 amide bonds. The number of hydrogen-bond donors (Lipinski definition) is 3. The zero-order valence-electron chi connectivity index (χ0n) is 10.8. The van der Waals surface area contributed by atoms with Crippen molar-refractivity contribution >= 4 is 17.6 Å². The first kappa shape index (κ1) is 13.2. The summed E-state index contributed by atoms with van der Waals surface area (Å²) in [7, 11) is 1.66. The largest absolute Gasteiger partial charge is 0.409 e. The highest BCUT2D eigenvalue weighted by Crippen LogP contribution is 2.21. The maximum Gasteiger partial charge on any atom is 0.321 e. The molecule has 1 aliphatic carbocycles. The van der Waals surface area contributed by atoms with Crippen molar-refractivity contribution in [2.75, 3.05) is 11.9 Å². The van der Waals surface area contributed by atoms with Crippen LogP contribution < -0.4 is 16.0 Å². The monoisotopic (exact) mass is 262 g/mol. The lowest BCUT2D eigenvalue weighted by Crippen LogP contribution is -2.46. The highest BCUT2D eigenvalue weighted by atomic mass is 16.4. The van der Waals surface area contributed by atoms with E-state index in [2.05, 4.69) is 10.5 Å². The minimum absolute atomic E-state index is 0.0149. The fourth-order valence-electron chi connectivity index (χ4n) is 1.97. The summed E-state index contributed by atoms with van der Waals surface area (Å²) in [6, 6.07) is 7.13. The first-order valence-corrected chi connectivity index (χ1v) is 6.24. The highest BCUT2D eigenvalue weighted by molar-refractivity contribution is 6.05. The summed E-state index contributed by atoms with van der Waals surface area (Å²) in [5.41, 5.74) is 6.74. The molecule has 0 saturated heterocycles. The molecule has 0 bridgehead atoms. The molecule has 6 heteroatoms. The van der Waals surface area contributed by atoms with Crippen molar-refractivity contribution in [3.63, 3.8) is 0 Å². The third-order valence-electron chi connectivity index (χ3n) is 3.39. The molecule has 19 heavy (non-hydrogen) atoms. The standard InChI is InChI=1S/C13H18N4O2/c1-17(13(18)15-9-5-4-6-9)11-8-3-2-7-10(11)12(14)16-19/h2-3,7-9,19H,4-6H2,1H3,(H2,14,16)(H,15,18). The van der Waals surface area contributed by atoms with Gasteiger partial charge in [0.15, 0.2) is 5.84 Å². The number of hydrogen-bond acceptors (Lipinski definition) is 3. The molecule has 1 aromatic carbocycles. The summed E-state index contributed by atoms with van der Waals surface area (Å²) < 4.78 is 0. The molecule has 2 rings (SSSR count). The summed E-state index contributed by atoms with van der Waals surface area (Å²) in [5, 5.41) is 14.7. The Kier molecular flexibility index (Phi) is 3.89. The summed E-state index contributed by atoms with van der Waals surface area (Å²) in [6.07, 6.45) is 3.22. The number of amidine groups is 1. The molecule has 102 valence electrons. The van der Waals surface area contributed by atoms with Crippen LogP contribution in [0.4, 0.5) is 10.5 Å². The maximum atomic E-state index is 12.1. The van der Waals surface area contributed by atoms with Gasteiger partial charge in [0, 0.05) is 18.7 Å². The number of urea groups is 1. The predicted octanol–water partition coefficient (Wildman–Crippen LogP) is 1.48. The Labute approximate surface area is 111 Å². The van der Waals surface area contributed by atoms with Gasteiger partial charge >= 0.3 is 6.03 Å². The molecule has 0 atom stereocenters. The van der Waals surface area contributed by atoms with Gasteiger partial charge in [-0.3, -0.25) is 4.90 Å². The van der Waals surface area contributed by atoms with Crippen molar-refractivity contribution in [2.24, 2.45) is 10.9 Å². The summed E-state index contributed by atoms with van der Waals surface area (Å²) in [4.78, 5) is 13.6. The van der Waals surface area contributed by atoms with E-state index in [9.17, 15) is 4.79 Å². The van der Waals surface area contributed by atoms with Crippen LogP contribution in [-0.2, 0) is 0 Å². The zero-order chi connectivity index (χ0) is 13.8. The van der Waals surface area contributed by atoms with Gasteiger partial charge in [-0.05, 0) is 31.4 Å². The molecular formula is C13H18N4O2. The minimum Gasteiger partial charge on any atom is -0.409 e. The van der Waals surface area contributed by atoms with E-state index in [4.69, 9.17) is 10.9 Å². The molecule has 0 aliphatic heterocycles. The smallest absolute Gasteiger partial charge is 0.321 e. The third kappa shape index (κ3) is 2.78. The second-order valence-corrected chi connectivity index (χ2v) is 4.64. The lowest BCUT2D eigenvalue weighted by molar-refractivity contribution is 0.235. The molecule has 0 heterocycles. The Balaban J connectivity index is 2.17. The second-order valence-electron chi connectivity index (χ2n) is 4.64.